The Morgan fingerprint density at radius 3 is 2.35 bits per heavy atom. The van der Waals surface area contributed by atoms with Crippen LogP contribution in [0.15, 0.2) is 24.3 Å². The molecule has 0 atom stereocenters. The Morgan fingerprint density at radius 1 is 1.20 bits per heavy atom. The van der Waals surface area contributed by atoms with Gasteiger partial charge in [0.05, 0.1) is 21.3 Å². The second-order valence-electron chi connectivity index (χ2n) is 4.26. The number of benzene rings is 1. The molecule has 1 aromatic carbocycles. The minimum atomic E-state index is -1.13. The first-order valence-electron chi connectivity index (χ1n) is 5.92. The van der Waals surface area contributed by atoms with E-state index in [1.54, 1.807) is 4.90 Å². The number of hydrogen-bond acceptors (Lipinski definition) is 2. The van der Waals surface area contributed by atoms with Gasteiger partial charge in [-0.2, -0.15) is 0 Å². The van der Waals surface area contributed by atoms with E-state index in [1.165, 1.54) is 12.1 Å². The average Bonchev–Trinajstić information content (AvgIpc) is 2.43. The maximum atomic E-state index is 12.0. The molecule has 2 N–H and O–H groups in total. The summed E-state index contributed by atoms with van der Waals surface area (Å²) in [4.78, 5) is 24.5. The van der Waals surface area contributed by atoms with Gasteiger partial charge in [-0.1, -0.05) is 35.4 Å². The molecule has 2 amide bonds. The van der Waals surface area contributed by atoms with Gasteiger partial charge in [0, 0.05) is 13.1 Å². The fraction of sp³-hybridized carbons (Fsp3) is 0.231. The van der Waals surface area contributed by atoms with E-state index in [4.69, 9.17) is 28.3 Å². The van der Waals surface area contributed by atoms with Gasteiger partial charge in [0.1, 0.15) is 0 Å². The molecule has 0 unspecified atom stereocenters. The number of hydrogen-bond donors (Lipinski definition) is 2. The van der Waals surface area contributed by atoms with Crippen molar-refractivity contribution >= 4 is 40.9 Å². The summed E-state index contributed by atoms with van der Waals surface area (Å²) in [6.07, 6.45) is 4.71. The number of carbonyl (C=O) groups is 2. The van der Waals surface area contributed by atoms with E-state index in [-0.39, 0.29) is 27.3 Å². The zero-order chi connectivity index (χ0) is 14.7. The summed E-state index contributed by atoms with van der Waals surface area (Å²) in [6.45, 7) is 1.14. The molecule has 1 aliphatic heterocycles. The van der Waals surface area contributed by atoms with Gasteiger partial charge >= 0.3 is 12.0 Å². The van der Waals surface area contributed by atoms with Crippen molar-refractivity contribution in [1.29, 1.82) is 0 Å². The van der Waals surface area contributed by atoms with Crippen LogP contribution in [0, 0.1) is 0 Å². The van der Waals surface area contributed by atoms with E-state index in [2.05, 4.69) is 5.32 Å². The molecule has 7 heteroatoms. The number of carboxylic acid groups (broad SMARTS) is 1. The lowest BCUT2D eigenvalue weighted by Crippen LogP contribution is -2.37. The number of carbonyl (C=O) groups excluding carboxylic acids is 1. The summed E-state index contributed by atoms with van der Waals surface area (Å²) < 4.78 is 0. The van der Waals surface area contributed by atoms with Gasteiger partial charge in [0.2, 0.25) is 0 Å². The van der Waals surface area contributed by atoms with Gasteiger partial charge in [-0.3, -0.25) is 0 Å². The molecule has 0 spiro atoms. The molecular weight excluding hydrogens is 303 g/mol. The van der Waals surface area contributed by atoms with Gasteiger partial charge in [-0.25, -0.2) is 9.59 Å². The van der Waals surface area contributed by atoms with Gasteiger partial charge in [-0.05, 0) is 18.6 Å². The van der Waals surface area contributed by atoms with Crippen LogP contribution in [-0.2, 0) is 0 Å². The third-order valence-electron chi connectivity index (χ3n) is 2.87. The van der Waals surface area contributed by atoms with Crippen molar-refractivity contribution in [3.63, 3.8) is 0 Å². The number of anilines is 1. The molecule has 0 bridgehead atoms. The van der Waals surface area contributed by atoms with E-state index in [1.807, 2.05) is 12.2 Å². The van der Waals surface area contributed by atoms with E-state index in [0.29, 0.717) is 13.1 Å². The molecule has 0 aromatic heterocycles. The standard InChI is InChI=1S/C13H12Cl2N2O3/c14-9-6-8(12(18)19)7-10(15)11(9)16-13(20)17-4-2-1-3-5-17/h1-2,6-7H,3-5H2,(H,16,20)(H,18,19). The van der Waals surface area contributed by atoms with Crippen LogP contribution in [0.5, 0.6) is 0 Å². The topological polar surface area (TPSA) is 69.6 Å². The SMILES string of the molecule is O=C(O)c1cc(Cl)c(NC(=O)N2CC=CCC2)c(Cl)c1. The van der Waals surface area contributed by atoms with Crippen molar-refractivity contribution in [2.24, 2.45) is 0 Å². The van der Waals surface area contributed by atoms with Crippen molar-refractivity contribution < 1.29 is 14.7 Å². The number of amides is 2. The van der Waals surface area contributed by atoms with Crippen LogP contribution in [0.2, 0.25) is 10.0 Å². The summed E-state index contributed by atoms with van der Waals surface area (Å²) in [7, 11) is 0. The Kier molecular flexibility index (Phi) is 4.52. The van der Waals surface area contributed by atoms with Crippen LogP contribution in [0.1, 0.15) is 16.8 Å². The largest absolute Gasteiger partial charge is 0.478 e. The van der Waals surface area contributed by atoms with Crippen LogP contribution in [0.25, 0.3) is 0 Å². The number of nitrogens with zero attached hydrogens (tertiary/aromatic N) is 1. The first-order chi connectivity index (χ1) is 9.49. The maximum absolute atomic E-state index is 12.0. The molecule has 5 nitrogen and oxygen atoms in total. The van der Waals surface area contributed by atoms with Crippen molar-refractivity contribution in [1.82, 2.24) is 4.90 Å². The molecule has 106 valence electrons. The molecule has 1 aliphatic rings. The number of urea groups is 1. The predicted octanol–water partition coefficient (Wildman–Crippen LogP) is 3.49. The van der Waals surface area contributed by atoms with Crippen LogP contribution in [0.3, 0.4) is 0 Å². The Bertz CT molecular complexity index is 564. The second-order valence-corrected chi connectivity index (χ2v) is 5.07. The zero-order valence-electron chi connectivity index (χ0n) is 10.4. The van der Waals surface area contributed by atoms with Crippen LogP contribution < -0.4 is 5.32 Å². The first-order valence-corrected chi connectivity index (χ1v) is 6.68. The normalized spacial score (nSPS) is 14.2. The third-order valence-corrected chi connectivity index (χ3v) is 3.46. The molecule has 0 saturated carbocycles. The molecule has 0 saturated heterocycles. The molecular formula is C13H12Cl2N2O3. The summed E-state index contributed by atoms with van der Waals surface area (Å²) in [5.41, 5.74) is 0.191. The van der Waals surface area contributed by atoms with E-state index in [0.717, 1.165) is 6.42 Å². The van der Waals surface area contributed by atoms with E-state index >= 15 is 0 Å². The number of carboxylic acids is 1. The van der Waals surface area contributed by atoms with Crippen molar-refractivity contribution in [2.75, 3.05) is 18.4 Å². The molecule has 0 aliphatic carbocycles. The molecule has 20 heavy (non-hydrogen) atoms. The molecule has 1 aromatic rings. The predicted molar refractivity (Wildman–Crippen MR) is 77.8 cm³/mol. The Hall–Kier alpha value is -1.72. The van der Waals surface area contributed by atoms with Crippen molar-refractivity contribution in [2.45, 2.75) is 6.42 Å². The lowest BCUT2D eigenvalue weighted by Gasteiger charge is -2.24. The smallest absolute Gasteiger partial charge is 0.335 e. The van der Waals surface area contributed by atoms with Gasteiger partial charge in [-0.15, -0.1) is 0 Å². The highest BCUT2D eigenvalue weighted by Gasteiger charge is 2.18. The summed E-state index contributed by atoms with van der Waals surface area (Å²) >= 11 is 11.9. The number of nitrogens with one attached hydrogen (secondary N) is 1. The molecule has 2 rings (SSSR count). The fourth-order valence-electron chi connectivity index (χ4n) is 1.83. The second kappa shape index (κ2) is 6.15. The Morgan fingerprint density at radius 2 is 1.85 bits per heavy atom. The quantitative estimate of drug-likeness (QED) is 0.821. The Balaban J connectivity index is 2.19. The Labute approximate surface area is 125 Å². The van der Waals surface area contributed by atoms with Crippen LogP contribution in [0.4, 0.5) is 10.5 Å². The van der Waals surface area contributed by atoms with E-state index in [9.17, 15) is 9.59 Å². The van der Waals surface area contributed by atoms with Gasteiger partial charge < -0.3 is 15.3 Å². The lowest BCUT2D eigenvalue weighted by atomic mass is 10.2. The van der Waals surface area contributed by atoms with Gasteiger partial charge in [0.15, 0.2) is 0 Å². The maximum Gasteiger partial charge on any atom is 0.335 e. The average molecular weight is 315 g/mol. The first kappa shape index (κ1) is 14.7. The number of rotatable bonds is 2. The highest BCUT2D eigenvalue weighted by Crippen LogP contribution is 2.32. The summed E-state index contributed by atoms with van der Waals surface area (Å²) in [6, 6.07) is 2.18. The zero-order valence-corrected chi connectivity index (χ0v) is 11.9. The fourth-order valence-corrected chi connectivity index (χ4v) is 2.41. The highest BCUT2D eigenvalue weighted by atomic mass is 35.5. The van der Waals surface area contributed by atoms with Crippen LogP contribution >= 0.6 is 23.2 Å². The highest BCUT2D eigenvalue weighted by molar-refractivity contribution is 6.40. The van der Waals surface area contributed by atoms with Crippen molar-refractivity contribution in [3.05, 3.63) is 39.9 Å². The van der Waals surface area contributed by atoms with Gasteiger partial charge in [0.25, 0.3) is 0 Å². The number of aromatic carboxylic acids is 1. The lowest BCUT2D eigenvalue weighted by molar-refractivity contribution is 0.0697. The molecule has 1 heterocycles. The summed E-state index contributed by atoms with van der Waals surface area (Å²) in [5.74, 6) is -1.13. The van der Waals surface area contributed by atoms with Crippen molar-refractivity contribution in [3.8, 4) is 0 Å². The number of halogens is 2. The minimum absolute atomic E-state index is 0.0288. The molecule has 0 fully saturated rings. The van der Waals surface area contributed by atoms with Crippen LogP contribution in [-0.4, -0.2) is 35.1 Å². The molecule has 0 radical (unpaired) electrons. The van der Waals surface area contributed by atoms with E-state index < -0.39 is 5.97 Å². The third kappa shape index (κ3) is 3.23. The minimum Gasteiger partial charge on any atom is -0.478 e. The summed E-state index contributed by atoms with van der Waals surface area (Å²) in [5, 5.41) is 11.7. The monoisotopic (exact) mass is 314 g/mol.